The van der Waals surface area contributed by atoms with Crippen LogP contribution < -0.4 is 0 Å². The van der Waals surface area contributed by atoms with Crippen LogP contribution in [-0.2, 0) is 6.54 Å². The average Bonchev–Trinajstić information content (AvgIpc) is 3.12. The van der Waals surface area contributed by atoms with Crippen LogP contribution in [0.3, 0.4) is 0 Å². The smallest absolute Gasteiger partial charge is 0.395 e. The Balaban J connectivity index is 1.76. The molecule has 0 saturated carbocycles. The molecule has 7 nitrogen and oxygen atoms in total. The normalized spacial score (nSPS) is 10.8. The quantitative estimate of drug-likeness (QED) is 0.545. The lowest BCUT2D eigenvalue weighted by Crippen LogP contribution is -2.25. The number of fused-ring (bicyclic) bond motifs is 1. The van der Waals surface area contributed by atoms with Gasteiger partial charge in [-0.3, -0.25) is 14.9 Å². The van der Waals surface area contributed by atoms with E-state index in [-0.39, 0.29) is 5.76 Å². The van der Waals surface area contributed by atoms with Gasteiger partial charge in [0.15, 0.2) is 5.76 Å². The molecule has 2 heterocycles. The zero-order valence-corrected chi connectivity index (χ0v) is 12.4. The third kappa shape index (κ3) is 2.68. The van der Waals surface area contributed by atoms with Crippen LogP contribution in [0.5, 0.6) is 0 Å². The van der Waals surface area contributed by atoms with Gasteiger partial charge in [-0.05, 0) is 18.2 Å². The summed E-state index contributed by atoms with van der Waals surface area (Å²) in [5.74, 6) is -0.931. The van der Waals surface area contributed by atoms with Gasteiger partial charge in [-0.2, -0.15) is 0 Å². The minimum atomic E-state index is -0.676. The lowest BCUT2D eigenvalue weighted by Gasteiger charge is -2.13. The first-order chi connectivity index (χ1) is 10.5. The average molecular weight is 317 g/mol. The maximum atomic E-state index is 12.2. The predicted octanol–water partition coefficient (Wildman–Crippen LogP) is 3.07. The third-order valence-electron chi connectivity index (χ3n) is 3.04. The zero-order valence-electron chi connectivity index (χ0n) is 11.6. The van der Waals surface area contributed by atoms with Gasteiger partial charge in [0.2, 0.25) is 0 Å². The van der Waals surface area contributed by atoms with Gasteiger partial charge in [0.05, 0.1) is 22.8 Å². The third-order valence-corrected chi connectivity index (χ3v) is 4.06. The molecule has 2 aromatic heterocycles. The van der Waals surface area contributed by atoms with E-state index in [4.69, 9.17) is 4.42 Å². The van der Waals surface area contributed by atoms with Crippen molar-refractivity contribution in [3.63, 3.8) is 0 Å². The molecule has 0 radical (unpaired) electrons. The van der Waals surface area contributed by atoms with Crippen LogP contribution in [0, 0.1) is 10.1 Å². The number of nitrogens with zero attached hydrogens (tertiary/aromatic N) is 3. The predicted molar refractivity (Wildman–Crippen MR) is 80.8 cm³/mol. The molecule has 3 aromatic rings. The Labute approximate surface area is 128 Å². The second-order valence-corrected chi connectivity index (χ2v) is 5.75. The Morgan fingerprint density at radius 2 is 2.14 bits per heavy atom. The molecule has 0 aliphatic rings. The van der Waals surface area contributed by atoms with Gasteiger partial charge >= 0.3 is 5.88 Å². The number of aromatic nitrogens is 1. The summed E-state index contributed by atoms with van der Waals surface area (Å²) < 4.78 is 5.97. The van der Waals surface area contributed by atoms with Gasteiger partial charge in [-0.1, -0.05) is 12.1 Å². The van der Waals surface area contributed by atoms with Gasteiger partial charge in [-0.15, -0.1) is 11.3 Å². The van der Waals surface area contributed by atoms with Gasteiger partial charge in [0.25, 0.3) is 5.91 Å². The summed E-state index contributed by atoms with van der Waals surface area (Å²) in [5.41, 5.74) is 0.886. The molecule has 0 bridgehead atoms. The Morgan fingerprint density at radius 1 is 1.36 bits per heavy atom. The van der Waals surface area contributed by atoms with Gasteiger partial charge < -0.3 is 9.32 Å². The largest absolute Gasteiger partial charge is 0.433 e. The summed E-state index contributed by atoms with van der Waals surface area (Å²) in [6, 6.07) is 10.2. The van der Waals surface area contributed by atoms with Crippen LogP contribution >= 0.6 is 11.3 Å². The summed E-state index contributed by atoms with van der Waals surface area (Å²) in [4.78, 5) is 28.0. The van der Waals surface area contributed by atoms with Crippen molar-refractivity contribution < 1.29 is 14.1 Å². The molecule has 0 aliphatic carbocycles. The minimum Gasteiger partial charge on any atom is -0.395 e. The van der Waals surface area contributed by atoms with Crippen molar-refractivity contribution in [1.29, 1.82) is 0 Å². The SMILES string of the molecule is CN(Cc1nc2ccccc2s1)C(=O)c1ccc([N+](=O)[O-])o1. The molecule has 0 spiro atoms. The van der Waals surface area contributed by atoms with E-state index in [1.54, 1.807) is 7.05 Å². The number of furan rings is 1. The van der Waals surface area contributed by atoms with Crippen LogP contribution in [0.1, 0.15) is 15.6 Å². The monoisotopic (exact) mass is 317 g/mol. The number of benzene rings is 1. The lowest BCUT2D eigenvalue weighted by molar-refractivity contribution is -0.402. The van der Waals surface area contributed by atoms with E-state index in [0.717, 1.165) is 15.2 Å². The lowest BCUT2D eigenvalue weighted by atomic mass is 10.3. The number of thiazole rings is 1. The number of para-hydroxylation sites is 1. The first kappa shape index (κ1) is 14.2. The molecule has 112 valence electrons. The molecule has 0 unspecified atom stereocenters. The van der Waals surface area contributed by atoms with Crippen LogP contribution in [0.25, 0.3) is 10.2 Å². The van der Waals surface area contributed by atoms with Crippen molar-refractivity contribution in [2.24, 2.45) is 0 Å². The number of hydrogen-bond acceptors (Lipinski definition) is 6. The Kier molecular flexibility index (Phi) is 3.60. The molecule has 0 saturated heterocycles. The van der Waals surface area contributed by atoms with E-state index in [1.807, 2.05) is 24.3 Å². The molecule has 22 heavy (non-hydrogen) atoms. The fraction of sp³-hybridized carbons (Fsp3) is 0.143. The summed E-state index contributed by atoms with van der Waals surface area (Å²) in [6.45, 7) is 0.312. The number of amides is 1. The van der Waals surface area contributed by atoms with Crippen LogP contribution in [0.4, 0.5) is 5.88 Å². The highest BCUT2D eigenvalue weighted by molar-refractivity contribution is 7.18. The fourth-order valence-electron chi connectivity index (χ4n) is 1.99. The van der Waals surface area contributed by atoms with Gasteiger partial charge in [0, 0.05) is 7.05 Å². The summed E-state index contributed by atoms with van der Waals surface area (Å²) >= 11 is 1.50. The van der Waals surface area contributed by atoms with E-state index >= 15 is 0 Å². The summed E-state index contributed by atoms with van der Waals surface area (Å²) in [7, 11) is 1.60. The number of carbonyl (C=O) groups excluding carboxylic acids is 1. The van der Waals surface area contributed by atoms with Crippen molar-refractivity contribution in [2.45, 2.75) is 6.54 Å². The van der Waals surface area contributed by atoms with Gasteiger partial charge in [-0.25, -0.2) is 4.98 Å². The molecule has 1 amide bonds. The number of rotatable bonds is 4. The zero-order chi connectivity index (χ0) is 15.7. The minimum absolute atomic E-state index is 0.0599. The van der Waals surface area contributed by atoms with E-state index < -0.39 is 16.7 Å². The Hall–Kier alpha value is -2.74. The molecule has 3 rings (SSSR count). The van der Waals surface area contributed by atoms with E-state index in [2.05, 4.69) is 4.98 Å². The second kappa shape index (κ2) is 5.57. The van der Waals surface area contributed by atoms with Crippen molar-refractivity contribution in [3.8, 4) is 0 Å². The summed E-state index contributed by atoms with van der Waals surface area (Å²) in [5, 5.41) is 11.4. The molecule has 1 aromatic carbocycles. The van der Waals surface area contributed by atoms with Crippen molar-refractivity contribution >= 4 is 33.3 Å². The molecule has 0 N–H and O–H groups in total. The molecular formula is C14H11N3O4S. The summed E-state index contributed by atoms with van der Waals surface area (Å²) in [6.07, 6.45) is 0. The Bertz CT molecular complexity index is 822. The van der Waals surface area contributed by atoms with Crippen molar-refractivity contribution in [3.05, 3.63) is 57.3 Å². The maximum Gasteiger partial charge on any atom is 0.433 e. The molecule has 8 heteroatoms. The Morgan fingerprint density at radius 3 is 2.82 bits per heavy atom. The van der Waals surface area contributed by atoms with Crippen LogP contribution in [-0.4, -0.2) is 27.8 Å². The molecule has 0 fully saturated rings. The maximum absolute atomic E-state index is 12.2. The first-order valence-electron chi connectivity index (χ1n) is 6.39. The van der Waals surface area contributed by atoms with Crippen LogP contribution in [0.15, 0.2) is 40.8 Å². The fourth-order valence-corrected chi connectivity index (χ4v) is 3.01. The topological polar surface area (TPSA) is 89.5 Å². The molecule has 0 aliphatic heterocycles. The highest BCUT2D eigenvalue weighted by Crippen LogP contribution is 2.23. The number of hydrogen-bond donors (Lipinski definition) is 0. The van der Waals surface area contributed by atoms with E-state index in [9.17, 15) is 14.9 Å². The van der Waals surface area contributed by atoms with Crippen molar-refractivity contribution in [2.75, 3.05) is 7.05 Å². The highest BCUT2D eigenvalue weighted by Gasteiger charge is 2.21. The standard InChI is InChI=1S/C14H11N3O4S/c1-16(14(18)10-6-7-13(21-10)17(19)20)8-12-15-9-4-2-3-5-11(9)22-12/h2-7H,8H2,1H3. The molecule has 0 atom stereocenters. The number of carbonyl (C=O) groups is 1. The first-order valence-corrected chi connectivity index (χ1v) is 7.20. The van der Waals surface area contributed by atoms with Gasteiger partial charge in [0.1, 0.15) is 9.93 Å². The van der Waals surface area contributed by atoms with Crippen LogP contribution in [0.2, 0.25) is 0 Å². The highest BCUT2D eigenvalue weighted by atomic mass is 32.1. The molecular weight excluding hydrogens is 306 g/mol. The second-order valence-electron chi connectivity index (χ2n) is 4.63. The van der Waals surface area contributed by atoms with E-state index in [0.29, 0.717) is 6.54 Å². The van der Waals surface area contributed by atoms with Crippen molar-refractivity contribution in [1.82, 2.24) is 9.88 Å². The number of nitro groups is 1. The van der Waals surface area contributed by atoms with E-state index in [1.165, 1.54) is 28.4 Å².